The second kappa shape index (κ2) is 5.73. The molecule has 1 N–H and O–H groups in total. The highest BCUT2D eigenvalue weighted by atomic mass is 16.4. The zero-order valence-corrected chi connectivity index (χ0v) is 9.24. The molecule has 0 aromatic heterocycles. The molecular weight excluding hydrogens is 194 g/mol. The van der Waals surface area contributed by atoms with Crippen molar-refractivity contribution in [3.63, 3.8) is 0 Å². The van der Waals surface area contributed by atoms with E-state index in [-0.39, 0.29) is 12.3 Å². The summed E-state index contributed by atoms with van der Waals surface area (Å²) in [6.45, 7) is 3.08. The van der Waals surface area contributed by atoms with E-state index in [1.807, 2.05) is 6.92 Å². The van der Waals surface area contributed by atoms with Gasteiger partial charge in [0, 0.05) is 19.5 Å². The Morgan fingerprint density at radius 3 is 2.47 bits per heavy atom. The van der Waals surface area contributed by atoms with Gasteiger partial charge < -0.3 is 10.0 Å². The van der Waals surface area contributed by atoms with Crippen molar-refractivity contribution in [3.05, 3.63) is 0 Å². The highest BCUT2D eigenvalue weighted by Gasteiger charge is 2.26. The summed E-state index contributed by atoms with van der Waals surface area (Å²) >= 11 is 0. The van der Waals surface area contributed by atoms with E-state index in [0.717, 1.165) is 13.0 Å². The lowest BCUT2D eigenvalue weighted by molar-refractivity contribution is -0.138. The molecule has 0 saturated heterocycles. The Hall–Kier alpha value is -1.06. The number of aliphatic carboxylic acids is 1. The Labute approximate surface area is 90.3 Å². The lowest BCUT2D eigenvalue weighted by Crippen LogP contribution is -2.34. The first kappa shape index (κ1) is 12.0. The first-order chi connectivity index (χ1) is 7.13. The second-order valence-corrected chi connectivity index (χ2v) is 4.18. The number of nitrogens with zero attached hydrogens (tertiary/aromatic N) is 1. The van der Waals surface area contributed by atoms with Crippen molar-refractivity contribution in [2.24, 2.45) is 5.92 Å². The Morgan fingerprint density at radius 2 is 2.00 bits per heavy atom. The fraction of sp³-hybridized carbons (Fsp3) is 0.818. The molecule has 4 nitrogen and oxygen atoms in total. The Bertz CT molecular complexity index is 236. The van der Waals surface area contributed by atoms with Gasteiger partial charge in [-0.2, -0.15) is 0 Å². The van der Waals surface area contributed by atoms with Gasteiger partial charge in [-0.1, -0.05) is 6.92 Å². The predicted octanol–water partition coefficient (Wildman–Crippen LogP) is 1.50. The molecule has 0 aromatic carbocycles. The molecule has 1 rings (SSSR count). The maximum Gasteiger partial charge on any atom is 0.305 e. The SMILES string of the molecule is CCCC(=O)N(CCC(=O)O)CC1CC1. The number of rotatable bonds is 7. The molecule has 1 aliphatic rings. The Morgan fingerprint density at radius 1 is 1.33 bits per heavy atom. The standard InChI is InChI=1S/C11H19NO3/c1-2-3-10(13)12(7-6-11(14)15)8-9-4-5-9/h9H,2-8H2,1H3,(H,14,15). The van der Waals surface area contributed by atoms with Gasteiger partial charge in [0.1, 0.15) is 0 Å². The number of carbonyl (C=O) groups excluding carboxylic acids is 1. The van der Waals surface area contributed by atoms with Crippen LogP contribution >= 0.6 is 0 Å². The molecule has 1 saturated carbocycles. The number of hydrogen-bond donors (Lipinski definition) is 1. The van der Waals surface area contributed by atoms with Gasteiger partial charge >= 0.3 is 5.97 Å². The van der Waals surface area contributed by atoms with Crippen LogP contribution in [0.3, 0.4) is 0 Å². The molecule has 1 amide bonds. The molecule has 0 unspecified atom stereocenters. The van der Waals surface area contributed by atoms with Crippen molar-refractivity contribution < 1.29 is 14.7 Å². The van der Waals surface area contributed by atoms with E-state index >= 15 is 0 Å². The molecule has 0 aliphatic heterocycles. The van der Waals surface area contributed by atoms with Crippen molar-refractivity contribution in [1.29, 1.82) is 0 Å². The second-order valence-electron chi connectivity index (χ2n) is 4.18. The molecule has 15 heavy (non-hydrogen) atoms. The summed E-state index contributed by atoms with van der Waals surface area (Å²) in [6.07, 6.45) is 3.79. The average Bonchev–Trinajstić information content (AvgIpc) is 2.95. The van der Waals surface area contributed by atoms with Crippen LogP contribution in [0.4, 0.5) is 0 Å². The van der Waals surface area contributed by atoms with Crippen LogP contribution in [0.15, 0.2) is 0 Å². The quantitative estimate of drug-likeness (QED) is 0.697. The van der Waals surface area contributed by atoms with Crippen LogP contribution in [0, 0.1) is 5.92 Å². The van der Waals surface area contributed by atoms with Gasteiger partial charge in [0.05, 0.1) is 6.42 Å². The number of carboxylic acids is 1. The maximum absolute atomic E-state index is 11.7. The van der Waals surface area contributed by atoms with Gasteiger partial charge in [0.15, 0.2) is 0 Å². The first-order valence-corrected chi connectivity index (χ1v) is 5.63. The molecule has 0 atom stereocenters. The van der Waals surface area contributed by atoms with Crippen LogP contribution in [-0.4, -0.2) is 35.0 Å². The van der Waals surface area contributed by atoms with Crippen LogP contribution in [0.5, 0.6) is 0 Å². The fourth-order valence-electron chi connectivity index (χ4n) is 1.53. The number of carboxylic acid groups (broad SMARTS) is 1. The van der Waals surface area contributed by atoms with E-state index in [1.54, 1.807) is 4.90 Å². The third-order valence-corrected chi connectivity index (χ3v) is 2.59. The van der Waals surface area contributed by atoms with Crippen molar-refractivity contribution in [2.75, 3.05) is 13.1 Å². The summed E-state index contributed by atoms with van der Waals surface area (Å²) in [5.41, 5.74) is 0. The van der Waals surface area contributed by atoms with Gasteiger partial charge in [-0.05, 0) is 25.2 Å². The van der Waals surface area contributed by atoms with E-state index in [4.69, 9.17) is 5.11 Å². The van der Waals surface area contributed by atoms with Gasteiger partial charge in [0.25, 0.3) is 0 Å². The number of amides is 1. The summed E-state index contributed by atoms with van der Waals surface area (Å²) < 4.78 is 0. The van der Waals surface area contributed by atoms with E-state index in [9.17, 15) is 9.59 Å². The van der Waals surface area contributed by atoms with E-state index < -0.39 is 5.97 Å². The summed E-state index contributed by atoms with van der Waals surface area (Å²) in [7, 11) is 0. The molecule has 0 radical (unpaired) electrons. The monoisotopic (exact) mass is 213 g/mol. The van der Waals surface area contributed by atoms with Crippen LogP contribution in [0.2, 0.25) is 0 Å². The summed E-state index contributed by atoms with van der Waals surface area (Å²) in [4.78, 5) is 23.8. The summed E-state index contributed by atoms with van der Waals surface area (Å²) in [5, 5.41) is 8.59. The zero-order valence-electron chi connectivity index (χ0n) is 9.24. The Balaban J connectivity index is 2.35. The molecule has 0 aromatic rings. The van der Waals surface area contributed by atoms with Crippen molar-refractivity contribution in [1.82, 2.24) is 4.90 Å². The number of carbonyl (C=O) groups is 2. The molecule has 86 valence electrons. The lowest BCUT2D eigenvalue weighted by Gasteiger charge is -2.21. The lowest BCUT2D eigenvalue weighted by atomic mass is 10.2. The summed E-state index contributed by atoms with van der Waals surface area (Å²) in [5.74, 6) is -0.106. The first-order valence-electron chi connectivity index (χ1n) is 5.63. The Kier molecular flexibility index (Phi) is 4.59. The van der Waals surface area contributed by atoms with E-state index in [1.165, 1.54) is 12.8 Å². The van der Waals surface area contributed by atoms with Crippen LogP contribution in [0.1, 0.15) is 39.0 Å². The van der Waals surface area contributed by atoms with Crippen molar-refractivity contribution >= 4 is 11.9 Å². The minimum Gasteiger partial charge on any atom is -0.481 e. The van der Waals surface area contributed by atoms with Crippen LogP contribution in [0.25, 0.3) is 0 Å². The molecule has 1 aliphatic carbocycles. The molecule has 4 heteroatoms. The van der Waals surface area contributed by atoms with Gasteiger partial charge in [0.2, 0.25) is 5.91 Å². The third-order valence-electron chi connectivity index (χ3n) is 2.59. The molecule has 0 heterocycles. The van der Waals surface area contributed by atoms with Gasteiger partial charge in [-0.25, -0.2) is 0 Å². The van der Waals surface area contributed by atoms with Crippen LogP contribution < -0.4 is 0 Å². The molecule has 0 spiro atoms. The topological polar surface area (TPSA) is 57.6 Å². The van der Waals surface area contributed by atoms with Gasteiger partial charge in [-0.15, -0.1) is 0 Å². The van der Waals surface area contributed by atoms with Crippen molar-refractivity contribution in [3.8, 4) is 0 Å². The summed E-state index contributed by atoms with van der Waals surface area (Å²) in [6, 6.07) is 0. The normalized spacial score (nSPS) is 15.0. The fourth-order valence-corrected chi connectivity index (χ4v) is 1.53. The van der Waals surface area contributed by atoms with E-state index in [0.29, 0.717) is 18.9 Å². The molecule has 0 bridgehead atoms. The third kappa shape index (κ3) is 4.81. The highest BCUT2D eigenvalue weighted by Crippen LogP contribution is 2.29. The average molecular weight is 213 g/mol. The van der Waals surface area contributed by atoms with Gasteiger partial charge in [-0.3, -0.25) is 9.59 Å². The largest absolute Gasteiger partial charge is 0.481 e. The molecular formula is C11H19NO3. The minimum atomic E-state index is -0.833. The maximum atomic E-state index is 11.7. The van der Waals surface area contributed by atoms with Crippen LogP contribution in [-0.2, 0) is 9.59 Å². The predicted molar refractivity (Wildman–Crippen MR) is 56.5 cm³/mol. The molecule has 1 fully saturated rings. The minimum absolute atomic E-state index is 0.0577. The zero-order chi connectivity index (χ0) is 11.3. The number of hydrogen-bond acceptors (Lipinski definition) is 2. The highest BCUT2D eigenvalue weighted by molar-refractivity contribution is 5.77. The van der Waals surface area contributed by atoms with Crippen molar-refractivity contribution in [2.45, 2.75) is 39.0 Å². The van der Waals surface area contributed by atoms with E-state index in [2.05, 4.69) is 0 Å². The smallest absolute Gasteiger partial charge is 0.305 e.